The van der Waals surface area contributed by atoms with E-state index in [2.05, 4.69) is 0 Å². The zero-order valence-electron chi connectivity index (χ0n) is 11.7. The van der Waals surface area contributed by atoms with Crippen LogP contribution in [-0.4, -0.2) is 23.7 Å². The number of carbonyl (C=O) groups is 2. The van der Waals surface area contributed by atoms with Gasteiger partial charge in [0.1, 0.15) is 5.78 Å². The average Bonchev–Trinajstić information content (AvgIpc) is 2.59. The molecule has 106 valence electrons. The molecule has 1 heterocycles. The molecule has 6 nitrogen and oxygen atoms in total. The van der Waals surface area contributed by atoms with E-state index in [0.29, 0.717) is 17.7 Å². The number of rotatable bonds is 4. The molecule has 1 aliphatic rings. The zero-order valence-corrected chi connectivity index (χ0v) is 11.7. The number of amides is 1. The van der Waals surface area contributed by atoms with E-state index in [1.165, 1.54) is 24.0 Å². The van der Waals surface area contributed by atoms with Crippen molar-refractivity contribution >= 4 is 23.1 Å². The lowest BCUT2D eigenvalue weighted by atomic mass is 9.79. The topological polar surface area (TPSA) is 80.5 Å². The lowest BCUT2D eigenvalue weighted by Gasteiger charge is -2.22. The maximum absolute atomic E-state index is 12.4. The molecule has 2 rings (SSSR count). The fourth-order valence-electron chi connectivity index (χ4n) is 2.63. The molecule has 1 amide bonds. The Kier molecular flexibility index (Phi) is 3.33. The van der Waals surface area contributed by atoms with Gasteiger partial charge < -0.3 is 9.69 Å². The largest absolute Gasteiger partial charge is 0.314 e. The Morgan fingerprint density at radius 3 is 2.65 bits per heavy atom. The van der Waals surface area contributed by atoms with E-state index in [1.54, 1.807) is 20.0 Å². The third kappa shape index (κ3) is 2.07. The number of hydrogen-bond acceptors (Lipinski definition) is 4. The molecule has 0 saturated carbocycles. The van der Waals surface area contributed by atoms with Crippen LogP contribution in [0.2, 0.25) is 0 Å². The Hall–Kier alpha value is -2.24. The van der Waals surface area contributed by atoms with Crippen molar-refractivity contribution in [2.45, 2.75) is 32.1 Å². The summed E-state index contributed by atoms with van der Waals surface area (Å²) < 4.78 is 0. The number of nitrogens with zero attached hydrogens (tertiary/aromatic N) is 2. The Balaban J connectivity index is 2.51. The average molecular weight is 276 g/mol. The van der Waals surface area contributed by atoms with Crippen LogP contribution in [0.5, 0.6) is 0 Å². The summed E-state index contributed by atoms with van der Waals surface area (Å²) in [5.41, 5.74) is 0.384. The predicted octanol–water partition coefficient (Wildman–Crippen LogP) is 2.20. The van der Waals surface area contributed by atoms with E-state index in [-0.39, 0.29) is 23.8 Å². The Morgan fingerprint density at radius 1 is 1.45 bits per heavy atom. The van der Waals surface area contributed by atoms with Gasteiger partial charge in [-0.3, -0.25) is 14.9 Å². The molecule has 0 N–H and O–H groups in total. The van der Waals surface area contributed by atoms with Crippen molar-refractivity contribution in [2.75, 3.05) is 11.9 Å². The number of hydrogen-bond donors (Lipinski definition) is 0. The first-order valence-electron chi connectivity index (χ1n) is 6.34. The van der Waals surface area contributed by atoms with E-state index >= 15 is 0 Å². The Labute approximate surface area is 116 Å². The Morgan fingerprint density at radius 2 is 2.10 bits per heavy atom. The van der Waals surface area contributed by atoms with Crippen molar-refractivity contribution in [3.63, 3.8) is 0 Å². The fraction of sp³-hybridized carbons (Fsp3) is 0.429. The zero-order chi connectivity index (χ0) is 15.1. The van der Waals surface area contributed by atoms with Crippen LogP contribution in [-0.2, 0) is 15.0 Å². The molecule has 6 heteroatoms. The SMILES string of the molecule is CC(=O)CCC1(C)C(=O)N(C)c2ccc([N+](=O)[O-])cc21. The monoisotopic (exact) mass is 276 g/mol. The molecule has 0 bridgehead atoms. The molecular weight excluding hydrogens is 260 g/mol. The van der Waals surface area contributed by atoms with Crippen LogP contribution in [0.4, 0.5) is 11.4 Å². The number of likely N-dealkylation sites (N-methyl/N-ethyl adjacent to an activating group) is 1. The summed E-state index contributed by atoms with van der Waals surface area (Å²) >= 11 is 0. The van der Waals surface area contributed by atoms with Gasteiger partial charge in [0.05, 0.1) is 10.3 Å². The van der Waals surface area contributed by atoms with Crippen LogP contribution >= 0.6 is 0 Å². The summed E-state index contributed by atoms with van der Waals surface area (Å²) in [5.74, 6) is -0.130. The van der Waals surface area contributed by atoms with Gasteiger partial charge in [-0.05, 0) is 31.9 Å². The van der Waals surface area contributed by atoms with Gasteiger partial charge in [0.25, 0.3) is 5.69 Å². The molecule has 1 unspecified atom stereocenters. The molecule has 0 aromatic heterocycles. The summed E-state index contributed by atoms with van der Waals surface area (Å²) in [7, 11) is 1.64. The number of anilines is 1. The maximum Gasteiger partial charge on any atom is 0.269 e. The molecule has 0 fully saturated rings. The van der Waals surface area contributed by atoms with Crippen molar-refractivity contribution < 1.29 is 14.5 Å². The highest BCUT2D eigenvalue weighted by Crippen LogP contribution is 2.45. The molecule has 0 saturated heterocycles. The van der Waals surface area contributed by atoms with Gasteiger partial charge in [0.15, 0.2) is 0 Å². The van der Waals surface area contributed by atoms with Crippen molar-refractivity contribution in [1.82, 2.24) is 0 Å². The van der Waals surface area contributed by atoms with Gasteiger partial charge in [-0.2, -0.15) is 0 Å². The number of nitro groups is 1. The molecule has 0 aliphatic carbocycles. The van der Waals surface area contributed by atoms with Crippen molar-refractivity contribution in [1.29, 1.82) is 0 Å². The number of carbonyl (C=O) groups excluding carboxylic acids is 2. The molecular formula is C14H16N2O4. The minimum atomic E-state index is -0.873. The highest BCUT2D eigenvalue weighted by atomic mass is 16.6. The summed E-state index contributed by atoms with van der Waals surface area (Å²) in [4.78, 5) is 35.5. The van der Waals surface area contributed by atoms with Crippen LogP contribution in [0, 0.1) is 10.1 Å². The van der Waals surface area contributed by atoms with Gasteiger partial charge in [-0.25, -0.2) is 0 Å². The first kappa shape index (κ1) is 14.2. The van der Waals surface area contributed by atoms with Crippen LogP contribution < -0.4 is 4.90 Å². The molecule has 0 radical (unpaired) electrons. The standard InChI is InChI=1S/C14H16N2O4/c1-9(17)6-7-14(2)11-8-10(16(19)20)4-5-12(11)15(3)13(14)18/h4-5,8H,6-7H2,1-3H3. The first-order valence-corrected chi connectivity index (χ1v) is 6.34. The molecule has 1 aliphatic heterocycles. The van der Waals surface area contributed by atoms with Crippen LogP contribution in [0.1, 0.15) is 32.3 Å². The Bertz CT molecular complexity index is 611. The first-order chi connectivity index (χ1) is 9.27. The minimum absolute atomic E-state index is 0.000518. The van der Waals surface area contributed by atoms with Crippen LogP contribution in [0.25, 0.3) is 0 Å². The second kappa shape index (κ2) is 4.70. The van der Waals surface area contributed by atoms with E-state index < -0.39 is 10.3 Å². The third-order valence-corrected chi connectivity index (χ3v) is 3.90. The van der Waals surface area contributed by atoms with Gasteiger partial charge in [0.2, 0.25) is 5.91 Å². The van der Waals surface area contributed by atoms with Crippen LogP contribution in [0.3, 0.4) is 0 Å². The molecule has 20 heavy (non-hydrogen) atoms. The third-order valence-electron chi connectivity index (χ3n) is 3.90. The number of nitro benzene ring substituents is 1. The number of Topliss-reactive ketones (excluding diaryl/α,β-unsaturated/α-hetero) is 1. The van der Waals surface area contributed by atoms with E-state index in [4.69, 9.17) is 0 Å². The van der Waals surface area contributed by atoms with Crippen LogP contribution in [0.15, 0.2) is 18.2 Å². The lowest BCUT2D eigenvalue weighted by molar-refractivity contribution is -0.384. The van der Waals surface area contributed by atoms with Gasteiger partial charge in [-0.1, -0.05) is 0 Å². The van der Waals surface area contributed by atoms with Crippen molar-refractivity contribution in [3.8, 4) is 0 Å². The van der Waals surface area contributed by atoms with Gasteiger partial charge >= 0.3 is 0 Å². The predicted molar refractivity (Wildman–Crippen MR) is 73.8 cm³/mol. The molecule has 1 aromatic carbocycles. The molecule has 1 atom stereocenters. The van der Waals surface area contributed by atoms with E-state index in [9.17, 15) is 19.7 Å². The molecule has 0 spiro atoms. The fourth-order valence-corrected chi connectivity index (χ4v) is 2.63. The molecule has 1 aromatic rings. The van der Waals surface area contributed by atoms with E-state index in [1.807, 2.05) is 0 Å². The second-order valence-corrected chi connectivity index (χ2v) is 5.36. The normalized spacial score (nSPS) is 20.9. The summed E-state index contributed by atoms with van der Waals surface area (Å²) in [6.07, 6.45) is 0.637. The number of benzene rings is 1. The van der Waals surface area contributed by atoms with Gasteiger partial charge in [0, 0.05) is 31.3 Å². The van der Waals surface area contributed by atoms with Crippen molar-refractivity contribution in [3.05, 3.63) is 33.9 Å². The second-order valence-electron chi connectivity index (χ2n) is 5.36. The maximum atomic E-state index is 12.4. The number of non-ortho nitro benzene ring substituents is 1. The minimum Gasteiger partial charge on any atom is -0.314 e. The summed E-state index contributed by atoms with van der Waals surface area (Å²) in [6, 6.07) is 4.42. The highest BCUT2D eigenvalue weighted by Gasteiger charge is 2.46. The number of fused-ring (bicyclic) bond motifs is 1. The lowest BCUT2D eigenvalue weighted by Crippen LogP contribution is -2.36. The quantitative estimate of drug-likeness (QED) is 0.623. The summed E-state index contributed by atoms with van der Waals surface area (Å²) in [5, 5.41) is 10.9. The smallest absolute Gasteiger partial charge is 0.269 e. The highest BCUT2D eigenvalue weighted by molar-refractivity contribution is 6.07. The summed E-state index contributed by atoms with van der Waals surface area (Å²) in [6.45, 7) is 3.21. The number of ketones is 1. The van der Waals surface area contributed by atoms with Gasteiger partial charge in [-0.15, -0.1) is 0 Å². The van der Waals surface area contributed by atoms with Crippen molar-refractivity contribution in [2.24, 2.45) is 0 Å². The van der Waals surface area contributed by atoms with E-state index in [0.717, 1.165) is 0 Å².